The van der Waals surface area contributed by atoms with Crippen LogP contribution < -0.4 is 0 Å². The molecule has 1 rings (SSSR count). The van der Waals surface area contributed by atoms with Crippen LogP contribution in [0.4, 0.5) is 5.82 Å². The molecule has 5 nitrogen and oxygen atoms in total. The van der Waals surface area contributed by atoms with E-state index in [4.69, 9.17) is 5.11 Å². The Morgan fingerprint density at radius 3 is 2.83 bits per heavy atom. The molecule has 12 heavy (non-hydrogen) atoms. The fraction of sp³-hybridized carbons (Fsp3) is 0.429. The zero-order valence-corrected chi connectivity index (χ0v) is 6.70. The molecule has 0 aromatic carbocycles. The molecular weight excluding hydrogens is 160 g/mol. The molecule has 0 bridgehead atoms. The molecule has 0 fully saturated rings. The van der Waals surface area contributed by atoms with E-state index in [-0.39, 0.29) is 12.4 Å². The highest BCUT2D eigenvalue weighted by Crippen LogP contribution is 2.19. The lowest BCUT2D eigenvalue weighted by Crippen LogP contribution is -1.93. The van der Waals surface area contributed by atoms with Crippen LogP contribution in [0.2, 0.25) is 0 Å². The molecule has 0 saturated carbocycles. The lowest BCUT2D eigenvalue weighted by molar-refractivity contribution is -0.389. The van der Waals surface area contributed by atoms with Crippen LogP contribution in [0, 0.1) is 17.0 Å². The van der Waals surface area contributed by atoms with Crippen LogP contribution in [0.15, 0.2) is 6.20 Å². The minimum absolute atomic E-state index is 0.00977. The van der Waals surface area contributed by atoms with Gasteiger partial charge in [0, 0.05) is 17.7 Å². The van der Waals surface area contributed by atoms with Crippen LogP contribution >= 0.6 is 0 Å². The summed E-state index contributed by atoms with van der Waals surface area (Å²) in [6.07, 6.45) is 2.01. The lowest BCUT2D eigenvalue weighted by Gasteiger charge is -1.94. The molecule has 0 spiro atoms. The number of aromatic nitrogens is 1. The van der Waals surface area contributed by atoms with Crippen molar-refractivity contribution in [2.24, 2.45) is 0 Å². The maximum absolute atomic E-state index is 10.4. The van der Waals surface area contributed by atoms with Gasteiger partial charge in [-0.3, -0.25) is 0 Å². The number of hydrogen-bond donors (Lipinski definition) is 2. The van der Waals surface area contributed by atoms with E-state index in [0.29, 0.717) is 12.0 Å². The van der Waals surface area contributed by atoms with Gasteiger partial charge in [0.15, 0.2) is 0 Å². The summed E-state index contributed by atoms with van der Waals surface area (Å²) in [6.45, 7) is 1.68. The second-order valence-corrected chi connectivity index (χ2v) is 2.52. The molecule has 0 saturated heterocycles. The van der Waals surface area contributed by atoms with E-state index in [1.165, 1.54) is 0 Å². The third kappa shape index (κ3) is 1.45. The molecule has 0 amide bonds. The van der Waals surface area contributed by atoms with Gasteiger partial charge in [-0.15, -0.1) is 0 Å². The summed E-state index contributed by atoms with van der Waals surface area (Å²) in [5, 5.41) is 19.0. The van der Waals surface area contributed by atoms with Crippen LogP contribution in [0.5, 0.6) is 0 Å². The van der Waals surface area contributed by atoms with Crippen LogP contribution in [-0.4, -0.2) is 21.6 Å². The Balaban J connectivity index is 2.96. The van der Waals surface area contributed by atoms with Crippen molar-refractivity contribution in [1.29, 1.82) is 0 Å². The van der Waals surface area contributed by atoms with E-state index < -0.39 is 4.92 Å². The molecule has 0 unspecified atom stereocenters. The van der Waals surface area contributed by atoms with Gasteiger partial charge < -0.3 is 15.2 Å². The highest BCUT2D eigenvalue weighted by molar-refractivity contribution is 5.39. The average molecular weight is 170 g/mol. The van der Waals surface area contributed by atoms with Crippen molar-refractivity contribution in [2.75, 3.05) is 6.61 Å². The predicted molar refractivity (Wildman–Crippen MR) is 43.0 cm³/mol. The summed E-state index contributed by atoms with van der Waals surface area (Å²) in [5.41, 5.74) is 1.40. The molecule has 0 aliphatic heterocycles. The summed E-state index contributed by atoms with van der Waals surface area (Å²) in [4.78, 5) is 12.4. The standard InChI is InChI=1S/C7H10N2O3/c1-5-6(2-3-10)4-8-7(5)9(11)12/h4,8,10H,2-3H2,1H3. The van der Waals surface area contributed by atoms with Crippen molar-refractivity contribution < 1.29 is 10.0 Å². The minimum atomic E-state index is -0.462. The van der Waals surface area contributed by atoms with Crippen LogP contribution in [0.25, 0.3) is 0 Å². The smallest absolute Gasteiger partial charge is 0.324 e. The van der Waals surface area contributed by atoms with Crippen LogP contribution in [-0.2, 0) is 6.42 Å². The van der Waals surface area contributed by atoms with Gasteiger partial charge in [-0.2, -0.15) is 0 Å². The largest absolute Gasteiger partial charge is 0.396 e. The van der Waals surface area contributed by atoms with Gasteiger partial charge in [0.25, 0.3) is 0 Å². The predicted octanol–water partition coefficient (Wildman–Crippen LogP) is 0.766. The van der Waals surface area contributed by atoms with Crippen molar-refractivity contribution >= 4 is 5.82 Å². The van der Waals surface area contributed by atoms with E-state index >= 15 is 0 Å². The van der Waals surface area contributed by atoms with Gasteiger partial charge in [0.05, 0.1) is 6.20 Å². The molecule has 66 valence electrons. The van der Waals surface area contributed by atoms with E-state index in [0.717, 1.165) is 5.56 Å². The number of aliphatic hydroxyl groups excluding tert-OH is 1. The summed E-state index contributed by atoms with van der Waals surface area (Å²) in [5.74, 6) is 0.0125. The molecular formula is C7H10N2O3. The Morgan fingerprint density at radius 1 is 1.75 bits per heavy atom. The van der Waals surface area contributed by atoms with Gasteiger partial charge >= 0.3 is 5.82 Å². The van der Waals surface area contributed by atoms with Crippen molar-refractivity contribution in [1.82, 2.24) is 4.98 Å². The van der Waals surface area contributed by atoms with Gasteiger partial charge in [-0.1, -0.05) is 0 Å². The monoisotopic (exact) mass is 170 g/mol. The van der Waals surface area contributed by atoms with Gasteiger partial charge in [-0.25, -0.2) is 4.98 Å². The third-order valence-corrected chi connectivity index (χ3v) is 1.78. The highest BCUT2D eigenvalue weighted by atomic mass is 16.6. The van der Waals surface area contributed by atoms with E-state index in [1.54, 1.807) is 13.1 Å². The highest BCUT2D eigenvalue weighted by Gasteiger charge is 2.14. The lowest BCUT2D eigenvalue weighted by atomic mass is 10.1. The minimum Gasteiger partial charge on any atom is -0.396 e. The molecule has 1 aromatic heterocycles. The SMILES string of the molecule is Cc1c(CCO)c[nH]c1[N+](=O)[O-]. The van der Waals surface area contributed by atoms with Crippen molar-refractivity contribution in [3.8, 4) is 0 Å². The molecule has 5 heteroatoms. The number of aromatic amines is 1. The first-order chi connectivity index (χ1) is 5.66. The van der Waals surface area contributed by atoms with Gasteiger partial charge in [0.1, 0.15) is 0 Å². The Bertz CT molecular complexity index is 293. The molecule has 1 heterocycles. The summed E-state index contributed by atoms with van der Waals surface area (Å²) < 4.78 is 0. The summed E-state index contributed by atoms with van der Waals surface area (Å²) >= 11 is 0. The van der Waals surface area contributed by atoms with Gasteiger partial charge in [-0.05, 0) is 18.3 Å². The maximum Gasteiger partial charge on any atom is 0.324 e. The molecule has 1 aromatic rings. The Hall–Kier alpha value is -1.36. The first kappa shape index (κ1) is 8.73. The van der Waals surface area contributed by atoms with E-state index in [2.05, 4.69) is 4.98 Å². The number of aliphatic hydroxyl groups is 1. The molecule has 0 aliphatic rings. The average Bonchev–Trinajstić information content (AvgIpc) is 2.34. The van der Waals surface area contributed by atoms with Crippen LogP contribution in [0.1, 0.15) is 11.1 Å². The fourth-order valence-electron chi connectivity index (χ4n) is 1.09. The third-order valence-electron chi connectivity index (χ3n) is 1.78. The number of hydrogen-bond acceptors (Lipinski definition) is 3. The van der Waals surface area contributed by atoms with Crippen LogP contribution in [0.3, 0.4) is 0 Å². The van der Waals surface area contributed by atoms with Crippen molar-refractivity contribution in [3.63, 3.8) is 0 Å². The fourth-order valence-corrected chi connectivity index (χ4v) is 1.09. The Morgan fingerprint density at radius 2 is 2.42 bits per heavy atom. The Kier molecular flexibility index (Phi) is 2.44. The van der Waals surface area contributed by atoms with Crippen molar-refractivity contribution in [3.05, 3.63) is 27.4 Å². The first-order valence-electron chi connectivity index (χ1n) is 3.59. The van der Waals surface area contributed by atoms with E-state index in [1.807, 2.05) is 0 Å². The second-order valence-electron chi connectivity index (χ2n) is 2.52. The maximum atomic E-state index is 10.4. The molecule has 0 atom stereocenters. The number of rotatable bonds is 3. The topological polar surface area (TPSA) is 79.2 Å². The van der Waals surface area contributed by atoms with Crippen molar-refractivity contribution in [2.45, 2.75) is 13.3 Å². The summed E-state index contributed by atoms with van der Waals surface area (Å²) in [6, 6.07) is 0. The number of H-pyrrole nitrogens is 1. The zero-order chi connectivity index (χ0) is 9.14. The van der Waals surface area contributed by atoms with E-state index in [9.17, 15) is 10.1 Å². The van der Waals surface area contributed by atoms with Gasteiger partial charge in [0.2, 0.25) is 0 Å². The zero-order valence-electron chi connectivity index (χ0n) is 6.70. The molecule has 2 N–H and O–H groups in total. The quantitative estimate of drug-likeness (QED) is 0.519. The first-order valence-corrected chi connectivity index (χ1v) is 3.59. The molecule has 0 radical (unpaired) electrons. The second kappa shape index (κ2) is 3.36. The normalized spacial score (nSPS) is 10.2. The number of nitro groups is 1. The Labute approximate surface area is 69.2 Å². The summed E-state index contributed by atoms with van der Waals surface area (Å²) in [7, 11) is 0. The molecule has 0 aliphatic carbocycles. The number of nitrogens with one attached hydrogen (secondary N) is 1. The number of nitrogens with zero attached hydrogens (tertiary/aromatic N) is 1.